The second-order valence-corrected chi connectivity index (χ2v) is 13.8. The standard InChI is InChI=1S/C39H40F6N6O5/c40-38(41,42)24-47-37(55)32-22-49(19-26-11-13-50(20-26)29-9-7-28(8-10-29)39(43,44)45)14-15-51(32)21-30(52)17-27(16-25-4-3-12-46-18-25)36(54)48-35-31-5-1-2-6-34(31)56-23-33(35)53/h1-13,18,20,27,30,32,52-53H,14-17,19,21-24H2,(H,47,55)(H,48,54)/t27-,30+,32+/m1/s1. The first kappa shape index (κ1) is 40.3. The SMILES string of the molecule is O=C(NC1=C(O)COc2ccccc21)[C@H](Cc1cccnc1)C[C@H](O)CN1CCN(Cc2ccn(-c3ccc(C(F)(F)F)cc3)c2)C[C@H]1C(=O)NCC(F)(F)F. The van der Waals surface area contributed by atoms with Crippen LogP contribution in [0.2, 0.25) is 0 Å². The fourth-order valence-corrected chi connectivity index (χ4v) is 6.87. The Balaban J connectivity index is 1.15. The summed E-state index contributed by atoms with van der Waals surface area (Å²) in [7, 11) is 0. The number of carbonyl (C=O) groups is 2. The van der Waals surface area contributed by atoms with Gasteiger partial charge < -0.3 is 30.2 Å². The fraction of sp³-hybridized carbons (Fsp3) is 0.359. The number of β-amino-alcohol motifs (C(OH)–C–C–N with tert-alkyl or cyclic N) is 1. The van der Waals surface area contributed by atoms with E-state index in [1.807, 2.05) is 10.2 Å². The summed E-state index contributed by atoms with van der Waals surface area (Å²) < 4.78 is 85.7. The quantitative estimate of drug-likeness (QED) is 0.138. The third-order valence-electron chi connectivity index (χ3n) is 9.63. The van der Waals surface area contributed by atoms with Crippen LogP contribution in [0.15, 0.2) is 97.3 Å². The maximum Gasteiger partial charge on any atom is 0.416 e. The molecule has 0 unspecified atom stereocenters. The van der Waals surface area contributed by atoms with Gasteiger partial charge in [0, 0.05) is 74.7 Å². The fourth-order valence-electron chi connectivity index (χ4n) is 6.87. The van der Waals surface area contributed by atoms with Crippen LogP contribution in [0.25, 0.3) is 11.4 Å². The van der Waals surface area contributed by atoms with Crippen LogP contribution in [0.4, 0.5) is 26.3 Å². The zero-order valence-electron chi connectivity index (χ0n) is 29.9. The molecule has 11 nitrogen and oxygen atoms in total. The topological polar surface area (TPSA) is 132 Å². The van der Waals surface area contributed by atoms with E-state index in [9.17, 15) is 46.1 Å². The van der Waals surface area contributed by atoms with Crippen molar-refractivity contribution >= 4 is 17.5 Å². The Hall–Kier alpha value is -5.39. The molecule has 0 bridgehead atoms. The first-order chi connectivity index (χ1) is 26.6. The van der Waals surface area contributed by atoms with Gasteiger partial charge in [-0.05, 0) is 72.5 Å². The van der Waals surface area contributed by atoms with E-state index in [1.165, 1.54) is 12.1 Å². The number of piperazine rings is 1. The number of aliphatic hydroxyl groups excluding tert-OH is 2. The van der Waals surface area contributed by atoms with Gasteiger partial charge in [0.15, 0.2) is 5.76 Å². The summed E-state index contributed by atoms with van der Waals surface area (Å²) in [5.41, 5.74) is 1.83. The summed E-state index contributed by atoms with van der Waals surface area (Å²) >= 11 is 0. The summed E-state index contributed by atoms with van der Waals surface area (Å²) in [6.45, 7) is -0.971. The van der Waals surface area contributed by atoms with Crippen LogP contribution in [-0.2, 0) is 28.7 Å². The highest BCUT2D eigenvalue weighted by Gasteiger charge is 2.37. The molecule has 298 valence electrons. The molecule has 0 spiro atoms. The lowest BCUT2D eigenvalue weighted by Crippen LogP contribution is -2.60. The Morgan fingerprint density at radius 3 is 2.45 bits per heavy atom. The molecule has 0 aliphatic carbocycles. The smallest absolute Gasteiger partial charge is 0.416 e. The van der Waals surface area contributed by atoms with Crippen LogP contribution in [0.1, 0.15) is 28.7 Å². The Labute approximate surface area is 318 Å². The lowest BCUT2D eigenvalue weighted by atomic mass is 9.92. The second-order valence-electron chi connectivity index (χ2n) is 13.8. The van der Waals surface area contributed by atoms with Crippen molar-refractivity contribution in [3.63, 3.8) is 0 Å². The number of amides is 2. The predicted molar refractivity (Wildman–Crippen MR) is 192 cm³/mol. The number of aliphatic hydroxyl groups is 2. The normalized spacial score (nSPS) is 17.8. The minimum atomic E-state index is -4.66. The van der Waals surface area contributed by atoms with Crippen molar-refractivity contribution in [1.82, 2.24) is 30.0 Å². The number of hydrogen-bond donors (Lipinski definition) is 4. The molecular weight excluding hydrogens is 746 g/mol. The molecule has 3 atom stereocenters. The van der Waals surface area contributed by atoms with Crippen molar-refractivity contribution < 1.29 is 50.9 Å². The Bertz CT molecular complexity index is 2000. The van der Waals surface area contributed by atoms with Crippen molar-refractivity contribution in [3.05, 3.63) is 120 Å². The van der Waals surface area contributed by atoms with Gasteiger partial charge >= 0.3 is 12.4 Å². The van der Waals surface area contributed by atoms with Gasteiger partial charge in [0.05, 0.1) is 17.4 Å². The van der Waals surface area contributed by atoms with Crippen LogP contribution < -0.4 is 15.4 Å². The number of halogens is 6. The third kappa shape index (κ3) is 10.5. The number of pyridine rings is 1. The minimum Gasteiger partial charge on any atom is -0.507 e. The number of carbonyl (C=O) groups excluding carboxylic acids is 2. The van der Waals surface area contributed by atoms with Gasteiger partial charge in [-0.25, -0.2) is 0 Å². The van der Waals surface area contributed by atoms with Crippen LogP contribution in [-0.4, -0.2) is 99.0 Å². The zero-order valence-corrected chi connectivity index (χ0v) is 29.9. The number of benzene rings is 2. The monoisotopic (exact) mass is 786 g/mol. The van der Waals surface area contributed by atoms with Gasteiger partial charge in [0.25, 0.3) is 0 Å². The van der Waals surface area contributed by atoms with Gasteiger partial charge in [0.2, 0.25) is 11.8 Å². The molecule has 1 fully saturated rings. The maximum atomic E-state index is 13.8. The number of alkyl halides is 6. The number of nitrogens with one attached hydrogen (secondary N) is 2. The second kappa shape index (κ2) is 17.2. The molecule has 56 heavy (non-hydrogen) atoms. The number of fused-ring (bicyclic) bond motifs is 1. The molecule has 0 radical (unpaired) electrons. The van der Waals surface area contributed by atoms with E-state index in [2.05, 4.69) is 10.3 Å². The molecule has 4 aromatic rings. The molecule has 4 N–H and O–H groups in total. The zero-order chi connectivity index (χ0) is 40.0. The van der Waals surface area contributed by atoms with Crippen molar-refractivity contribution in [2.75, 3.05) is 39.3 Å². The highest BCUT2D eigenvalue weighted by atomic mass is 19.4. The van der Waals surface area contributed by atoms with Crippen LogP contribution in [0, 0.1) is 5.92 Å². The number of hydrogen-bond acceptors (Lipinski definition) is 8. The molecule has 17 heteroatoms. The average molecular weight is 787 g/mol. The molecule has 4 heterocycles. The maximum absolute atomic E-state index is 13.8. The largest absolute Gasteiger partial charge is 0.507 e. The highest BCUT2D eigenvalue weighted by Crippen LogP contribution is 2.32. The summed E-state index contributed by atoms with van der Waals surface area (Å²) in [6.07, 6.45) is -3.70. The Kier molecular flexibility index (Phi) is 12.4. The first-order valence-corrected chi connectivity index (χ1v) is 17.8. The molecular formula is C39H40F6N6O5. The van der Waals surface area contributed by atoms with Crippen LogP contribution >= 0.6 is 0 Å². The van der Waals surface area contributed by atoms with Gasteiger partial charge in [-0.2, -0.15) is 26.3 Å². The molecule has 2 amide bonds. The predicted octanol–water partition coefficient (Wildman–Crippen LogP) is 5.10. The van der Waals surface area contributed by atoms with Crippen molar-refractivity contribution in [2.45, 2.75) is 43.9 Å². The van der Waals surface area contributed by atoms with Crippen molar-refractivity contribution in [1.29, 1.82) is 0 Å². The Morgan fingerprint density at radius 1 is 0.964 bits per heavy atom. The number of nitrogens with zero attached hydrogens (tertiary/aromatic N) is 4. The number of ether oxygens (including phenoxy) is 1. The van der Waals surface area contributed by atoms with Gasteiger partial charge in [-0.15, -0.1) is 0 Å². The number of para-hydroxylation sites is 1. The summed E-state index contributed by atoms with van der Waals surface area (Å²) in [5.74, 6) is -1.95. The molecule has 2 aromatic heterocycles. The van der Waals surface area contributed by atoms with Crippen molar-refractivity contribution in [3.8, 4) is 11.4 Å². The lowest BCUT2D eigenvalue weighted by Gasteiger charge is -2.41. The van der Waals surface area contributed by atoms with Crippen molar-refractivity contribution in [2.24, 2.45) is 5.92 Å². The molecule has 0 saturated carbocycles. The number of rotatable bonds is 13. The average Bonchev–Trinajstić information content (AvgIpc) is 3.63. The van der Waals surface area contributed by atoms with Crippen LogP contribution in [0.3, 0.4) is 0 Å². The third-order valence-corrected chi connectivity index (χ3v) is 9.63. The van der Waals surface area contributed by atoms with E-state index in [0.717, 1.165) is 17.7 Å². The first-order valence-electron chi connectivity index (χ1n) is 17.8. The van der Waals surface area contributed by atoms with E-state index in [1.54, 1.807) is 76.7 Å². The molecule has 2 aliphatic heterocycles. The minimum absolute atomic E-state index is 0.0103. The highest BCUT2D eigenvalue weighted by molar-refractivity contribution is 5.90. The summed E-state index contributed by atoms with van der Waals surface area (Å²) in [5, 5.41) is 26.8. The van der Waals surface area contributed by atoms with E-state index >= 15 is 0 Å². The van der Waals surface area contributed by atoms with E-state index in [4.69, 9.17) is 4.74 Å². The van der Waals surface area contributed by atoms with Crippen LogP contribution in [0.5, 0.6) is 5.75 Å². The lowest BCUT2D eigenvalue weighted by molar-refractivity contribution is -0.143. The molecule has 2 aromatic carbocycles. The molecule has 6 rings (SSSR count). The molecule has 2 aliphatic rings. The summed E-state index contributed by atoms with van der Waals surface area (Å²) in [4.78, 5) is 34.7. The number of aromatic nitrogens is 2. The summed E-state index contributed by atoms with van der Waals surface area (Å²) in [6, 6.07) is 15.7. The van der Waals surface area contributed by atoms with Gasteiger partial charge in [0.1, 0.15) is 24.9 Å². The van der Waals surface area contributed by atoms with Gasteiger partial charge in [-0.1, -0.05) is 18.2 Å². The molecule has 1 saturated heterocycles. The van der Waals surface area contributed by atoms with Gasteiger partial charge in [-0.3, -0.25) is 24.4 Å². The van der Waals surface area contributed by atoms with E-state index in [-0.39, 0.29) is 57.1 Å². The van der Waals surface area contributed by atoms with E-state index in [0.29, 0.717) is 29.1 Å². The van der Waals surface area contributed by atoms with E-state index < -0.39 is 54.3 Å². The Morgan fingerprint density at radius 2 is 1.73 bits per heavy atom.